The van der Waals surface area contributed by atoms with Gasteiger partial charge in [-0.2, -0.15) is 4.98 Å². The number of hydrogen-bond donors (Lipinski definition) is 1. The fourth-order valence-electron chi connectivity index (χ4n) is 1.32. The fourth-order valence-corrected chi connectivity index (χ4v) is 1.50. The normalized spacial score (nSPS) is 10.0. The minimum Gasteiger partial charge on any atom is -0.481 e. The lowest BCUT2D eigenvalue weighted by molar-refractivity contribution is 0.397. The standard InChI is InChI=1S/C12H12ClN3O/c1-17-11-6-7-14-12(16-11)15-10-4-2-9(8-13)3-5-10/h2-7H,8H2,1H3,(H,14,15,16). The van der Waals surface area contributed by atoms with E-state index in [1.54, 1.807) is 19.4 Å². The third kappa shape index (κ3) is 3.07. The van der Waals surface area contributed by atoms with Crippen LogP contribution in [0.4, 0.5) is 11.6 Å². The van der Waals surface area contributed by atoms with Gasteiger partial charge in [-0.3, -0.25) is 0 Å². The van der Waals surface area contributed by atoms with Gasteiger partial charge in [-0.15, -0.1) is 11.6 Å². The zero-order valence-electron chi connectivity index (χ0n) is 9.35. The summed E-state index contributed by atoms with van der Waals surface area (Å²) in [5.41, 5.74) is 1.98. The van der Waals surface area contributed by atoms with E-state index in [0.29, 0.717) is 17.7 Å². The Hall–Kier alpha value is -1.81. The van der Waals surface area contributed by atoms with Crippen molar-refractivity contribution in [2.45, 2.75) is 5.88 Å². The van der Waals surface area contributed by atoms with E-state index in [1.807, 2.05) is 24.3 Å². The number of alkyl halides is 1. The predicted octanol–water partition coefficient (Wildman–Crippen LogP) is 2.97. The van der Waals surface area contributed by atoms with E-state index in [0.717, 1.165) is 11.3 Å². The van der Waals surface area contributed by atoms with Crippen molar-refractivity contribution in [2.24, 2.45) is 0 Å². The largest absolute Gasteiger partial charge is 0.481 e. The number of benzene rings is 1. The summed E-state index contributed by atoms with van der Waals surface area (Å²) in [5.74, 6) is 1.54. The number of aromatic nitrogens is 2. The molecule has 0 saturated heterocycles. The smallest absolute Gasteiger partial charge is 0.230 e. The second-order valence-corrected chi connectivity index (χ2v) is 3.65. The van der Waals surface area contributed by atoms with E-state index in [-0.39, 0.29) is 0 Å². The summed E-state index contributed by atoms with van der Waals surface area (Å²) in [6.45, 7) is 0. The van der Waals surface area contributed by atoms with Crippen LogP contribution >= 0.6 is 11.6 Å². The van der Waals surface area contributed by atoms with E-state index >= 15 is 0 Å². The van der Waals surface area contributed by atoms with Crippen LogP contribution in [-0.2, 0) is 5.88 Å². The minimum absolute atomic E-state index is 0.503. The van der Waals surface area contributed by atoms with Gasteiger partial charge in [-0.25, -0.2) is 4.98 Å². The molecule has 0 saturated carbocycles. The quantitative estimate of drug-likeness (QED) is 0.847. The number of nitrogens with zero attached hydrogens (tertiary/aromatic N) is 2. The third-order valence-electron chi connectivity index (χ3n) is 2.20. The van der Waals surface area contributed by atoms with E-state index in [1.165, 1.54) is 0 Å². The summed E-state index contributed by atoms with van der Waals surface area (Å²) >= 11 is 5.72. The molecule has 0 atom stereocenters. The molecule has 2 aromatic rings. The van der Waals surface area contributed by atoms with Crippen LogP contribution in [-0.4, -0.2) is 17.1 Å². The first-order valence-electron chi connectivity index (χ1n) is 5.11. The lowest BCUT2D eigenvalue weighted by atomic mass is 10.2. The van der Waals surface area contributed by atoms with Crippen molar-refractivity contribution in [1.29, 1.82) is 0 Å². The lowest BCUT2D eigenvalue weighted by Gasteiger charge is -2.06. The molecule has 5 heteroatoms. The van der Waals surface area contributed by atoms with Gasteiger partial charge in [0.1, 0.15) is 0 Å². The average Bonchev–Trinajstić information content (AvgIpc) is 2.40. The summed E-state index contributed by atoms with van der Waals surface area (Å²) in [6, 6.07) is 9.47. The Labute approximate surface area is 105 Å². The Morgan fingerprint density at radius 2 is 2.00 bits per heavy atom. The number of halogens is 1. The highest BCUT2D eigenvalue weighted by atomic mass is 35.5. The Balaban J connectivity index is 2.13. The van der Waals surface area contributed by atoms with Crippen LogP contribution in [0.3, 0.4) is 0 Å². The van der Waals surface area contributed by atoms with E-state index < -0.39 is 0 Å². The maximum absolute atomic E-state index is 5.72. The number of ether oxygens (including phenoxy) is 1. The second kappa shape index (κ2) is 5.50. The number of nitrogens with one attached hydrogen (secondary N) is 1. The van der Waals surface area contributed by atoms with Crippen LogP contribution in [0, 0.1) is 0 Å². The molecule has 0 spiro atoms. The lowest BCUT2D eigenvalue weighted by Crippen LogP contribution is -1.98. The van der Waals surface area contributed by atoms with Gasteiger partial charge in [0.25, 0.3) is 0 Å². The van der Waals surface area contributed by atoms with Crippen molar-refractivity contribution in [3.05, 3.63) is 42.1 Å². The first kappa shape index (κ1) is 11.7. The summed E-state index contributed by atoms with van der Waals surface area (Å²) in [6.07, 6.45) is 1.64. The Morgan fingerprint density at radius 3 is 2.65 bits per heavy atom. The monoisotopic (exact) mass is 249 g/mol. The molecular formula is C12H12ClN3O. The van der Waals surface area contributed by atoms with Crippen molar-refractivity contribution in [3.63, 3.8) is 0 Å². The van der Waals surface area contributed by atoms with Gasteiger partial charge in [-0.1, -0.05) is 12.1 Å². The summed E-state index contributed by atoms with van der Waals surface area (Å²) in [5, 5.41) is 3.08. The first-order valence-corrected chi connectivity index (χ1v) is 5.64. The fraction of sp³-hybridized carbons (Fsp3) is 0.167. The second-order valence-electron chi connectivity index (χ2n) is 3.38. The van der Waals surface area contributed by atoms with Gasteiger partial charge in [-0.05, 0) is 17.7 Å². The molecule has 0 fully saturated rings. The SMILES string of the molecule is COc1ccnc(Nc2ccc(CCl)cc2)n1. The molecule has 1 aromatic heterocycles. The zero-order chi connectivity index (χ0) is 12.1. The molecule has 0 aliphatic carbocycles. The molecule has 0 radical (unpaired) electrons. The number of rotatable bonds is 4. The van der Waals surface area contributed by atoms with Crippen LogP contribution in [0.1, 0.15) is 5.56 Å². The van der Waals surface area contributed by atoms with Crippen molar-refractivity contribution < 1.29 is 4.74 Å². The molecule has 1 aromatic carbocycles. The predicted molar refractivity (Wildman–Crippen MR) is 67.9 cm³/mol. The number of methoxy groups -OCH3 is 1. The van der Waals surface area contributed by atoms with Gasteiger partial charge in [0.05, 0.1) is 7.11 Å². The van der Waals surface area contributed by atoms with Crippen LogP contribution in [0.2, 0.25) is 0 Å². The van der Waals surface area contributed by atoms with Gasteiger partial charge >= 0.3 is 0 Å². The Bertz CT molecular complexity index is 487. The summed E-state index contributed by atoms with van der Waals surface area (Å²) < 4.78 is 5.02. The third-order valence-corrected chi connectivity index (χ3v) is 2.51. The maximum Gasteiger partial charge on any atom is 0.230 e. The van der Waals surface area contributed by atoms with Crippen LogP contribution in [0.5, 0.6) is 5.88 Å². The van der Waals surface area contributed by atoms with Crippen molar-refractivity contribution in [1.82, 2.24) is 9.97 Å². The minimum atomic E-state index is 0.503. The summed E-state index contributed by atoms with van der Waals surface area (Å²) in [7, 11) is 1.57. The van der Waals surface area contributed by atoms with Crippen molar-refractivity contribution in [3.8, 4) is 5.88 Å². The number of anilines is 2. The van der Waals surface area contributed by atoms with E-state index in [4.69, 9.17) is 16.3 Å². The molecule has 0 unspecified atom stereocenters. The van der Waals surface area contributed by atoms with E-state index in [9.17, 15) is 0 Å². The molecule has 0 amide bonds. The highest BCUT2D eigenvalue weighted by molar-refractivity contribution is 6.17. The van der Waals surface area contributed by atoms with Gasteiger partial charge in [0, 0.05) is 23.8 Å². The number of hydrogen-bond acceptors (Lipinski definition) is 4. The van der Waals surface area contributed by atoms with Gasteiger partial charge in [0.15, 0.2) is 0 Å². The molecule has 0 aliphatic rings. The average molecular weight is 250 g/mol. The molecular weight excluding hydrogens is 238 g/mol. The molecule has 0 bridgehead atoms. The maximum atomic E-state index is 5.72. The molecule has 17 heavy (non-hydrogen) atoms. The van der Waals surface area contributed by atoms with Crippen LogP contribution < -0.4 is 10.1 Å². The van der Waals surface area contributed by atoms with Gasteiger partial charge < -0.3 is 10.1 Å². The molecule has 4 nitrogen and oxygen atoms in total. The topological polar surface area (TPSA) is 47.0 Å². The molecule has 0 aliphatic heterocycles. The zero-order valence-corrected chi connectivity index (χ0v) is 10.1. The summed E-state index contributed by atoms with van der Waals surface area (Å²) in [4.78, 5) is 8.26. The van der Waals surface area contributed by atoms with Crippen LogP contribution in [0.25, 0.3) is 0 Å². The molecule has 1 heterocycles. The molecule has 88 valence electrons. The highest BCUT2D eigenvalue weighted by Gasteiger charge is 1.99. The molecule has 2 rings (SSSR count). The Morgan fingerprint density at radius 1 is 1.24 bits per heavy atom. The molecule has 1 N–H and O–H groups in total. The first-order chi connectivity index (χ1) is 8.31. The van der Waals surface area contributed by atoms with E-state index in [2.05, 4.69) is 15.3 Å². The van der Waals surface area contributed by atoms with Crippen molar-refractivity contribution in [2.75, 3.05) is 12.4 Å². The highest BCUT2D eigenvalue weighted by Crippen LogP contribution is 2.16. The Kier molecular flexibility index (Phi) is 3.77. The van der Waals surface area contributed by atoms with Crippen molar-refractivity contribution >= 4 is 23.2 Å². The van der Waals surface area contributed by atoms with Gasteiger partial charge in [0.2, 0.25) is 11.8 Å². The van der Waals surface area contributed by atoms with Crippen LogP contribution in [0.15, 0.2) is 36.5 Å².